The minimum absolute atomic E-state index is 0. The van der Waals surface area contributed by atoms with Gasteiger partial charge in [-0.25, -0.2) is 13.1 Å². The molecule has 1 saturated carbocycles. The van der Waals surface area contributed by atoms with E-state index in [0.29, 0.717) is 23.9 Å². The number of nitrogens with one attached hydrogen (secondary N) is 1. The zero-order valence-corrected chi connectivity index (χ0v) is 15.0. The lowest BCUT2D eigenvalue weighted by Crippen LogP contribution is -3.00. The molecule has 0 amide bonds. The molecule has 1 aromatic rings. The molecule has 6 heteroatoms. The van der Waals surface area contributed by atoms with Gasteiger partial charge in [0.05, 0.1) is 4.90 Å². The summed E-state index contributed by atoms with van der Waals surface area (Å²) in [6.07, 6.45) is 6.37. The fourth-order valence-corrected chi connectivity index (χ4v) is 3.86. The van der Waals surface area contributed by atoms with Crippen molar-refractivity contribution in [3.8, 4) is 0 Å². The molecule has 0 bridgehead atoms. The van der Waals surface area contributed by atoms with Gasteiger partial charge in [-0.3, -0.25) is 0 Å². The maximum Gasteiger partial charge on any atom is 0.240 e. The highest BCUT2D eigenvalue weighted by molar-refractivity contribution is 7.89. The zero-order valence-electron chi connectivity index (χ0n) is 13.4. The molecular formula is C16H26ClN2O2S-. The summed E-state index contributed by atoms with van der Waals surface area (Å²) < 4.78 is 27.0. The summed E-state index contributed by atoms with van der Waals surface area (Å²) >= 11 is 0. The van der Waals surface area contributed by atoms with Crippen LogP contribution >= 0.6 is 0 Å². The van der Waals surface area contributed by atoms with Crippen LogP contribution in [0.25, 0.3) is 0 Å². The quantitative estimate of drug-likeness (QED) is 0.762. The van der Waals surface area contributed by atoms with E-state index >= 15 is 0 Å². The van der Waals surface area contributed by atoms with Crippen molar-refractivity contribution >= 4 is 10.0 Å². The van der Waals surface area contributed by atoms with Crippen LogP contribution in [-0.4, -0.2) is 40.5 Å². The Morgan fingerprint density at radius 1 is 1.09 bits per heavy atom. The second kappa shape index (κ2) is 8.87. The number of hydrogen-bond acceptors (Lipinski definition) is 3. The third-order valence-electron chi connectivity index (χ3n) is 4.12. The van der Waals surface area contributed by atoms with E-state index < -0.39 is 10.0 Å². The molecule has 0 aliphatic heterocycles. The molecule has 1 fully saturated rings. The monoisotopic (exact) mass is 345 g/mol. The van der Waals surface area contributed by atoms with Crippen LogP contribution in [0.1, 0.15) is 43.6 Å². The molecule has 0 unspecified atom stereocenters. The highest BCUT2D eigenvalue weighted by Gasteiger charge is 2.17. The zero-order chi connectivity index (χ0) is 15.3. The number of sulfonamides is 1. The fourth-order valence-electron chi connectivity index (χ4n) is 2.84. The first kappa shape index (κ1) is 19.4. The Bertz CT molecular complexity index is 538. The summed E-state index contributed by atoms with van der Waals surface area (Å²) in [6, 6.07) is 7.44. The van der Waals surface area contributed by atoms with Gasteiger partial charge in [0.25, 0.3) is 0 Å². The van der Waals surface area contributed by atoms with Gasteiger partial charge >= 0.3 is 0 Å². The second-order valence-electron chi connectivity index (χ2n) is 6.11. The first-order valence-electron chi connectivity index (χ1n) is 7.73. The lowest BCUT2D eigenvalue weighted by atomic mass is 9.84. The Hall–Kier alpha value is -0.620. The Kier molecular flexibility index (Phi) is 7.83. The van der Waals surface area contributed by atoms with Crippen molar-refractivity contribution in [1.29, 1.82) is 0 Å². The smallest absolute Gasteiger partial charge is 0.240 e. The molecule has 1 aromatic carbocycles. The second-order valence-corrected chi connectivity index (χ2v) is 7.87. The molecule has 0 radical (unpaired) electrons. The summed E-state index contributed by atoms with van der Waals surface area (Å²) in [5, 5.41) is 0. The van der Waals surface area contributed by atoms with Gasteiger partial charge in [-0.1, -0.05) is 31.4 Å². The van der Waals surface area contributed by atoms with E-state index in [4.69, 9.17) is 0 Å². The minimum Gasteiger partial charge on any atom is -1.00 e. The van der Waals surface area contributed by atoms with Crippen LogP contribution in [0.5, 0.6) is 0 Å². The van der Waals surface area contributed by atoms with Gasteiger partial charge in [0.1, 0.15) is 0 Å². The number of benzene rings is 1. The first-order chi connectivity index (χ1) is 9.99. The maximum atomic E-state index is 12.2. The molecule has 0 atom stereocenters. The van der Waals surface area contributed by atoms with Crippen LogP contribution in [0.2, 0.25) is 0 Å². The average Bonchev–Trinajstić information content (AvgIpc) is 2.48. The van der Waals surface area contributed by atoms with E-state index in [2.05, 4.69) is 4.72 Å². The van der Waals surface area contributed by atoms with E-state index in [0.717, 1.165) is 0 Å². The molecule has 0 heterocycles. The Balaban J connectivity index is 0.00000242. The predicted molar refractivity (Wildman–Crippen MR) is 86.0 cm³/mol. The van der Waals surface area contributed by atoms with E-state index in [9.17, 15) is 8.42 Å². The van der Waals surface area contributed by atoms with Crippen molar-refractivity contribution in [1.82, 2.24) is 9.62 Å². The maximum absolute atomic E-state index is 12.2. The van der Waals surface area contributed by atoms with E-state index in [1.807, 2.05) is 31.1 Å². The molecule has 22 heavy (non-hydrogen) atoms. The van der Waals surface area contributed by atoms with Gasteiger partial charge < -0.3 is 17.3 Å². The van der Waals surface area contributed by atoms with Crippen molar-refractivity contribution in [2.45, 2.75) is 42.9 Å². The van der Waals surface area contributed by atoms with Crippen molar-refractivity contribution < 1.29 is 20.8 Å². The molecule has 0 saturated heterocycles. The van der Waals surface area contributed by atoms with Crippen molar-refractivity contribution in [2.75, 3.05) is 27.2 Å². The van der Waals surface area contributed by atoms with Crippen LogP contribution in [0, 0.1) is 0 Å². The van der Waals surface area contributed by atoms with Gasteiger partial charge in [-0.15, -0.1) is 0 Å². The number of likely N-dealkylation sites (N-methyl/N-ethyl adjacent to an activating group) is 1. The molecule has 1 aliphatic carbocycles. The van der Waals surface area contributed by atoms with Crippen molar-refractivity contribution in [3.63, 3.8) is 0 Å². The highest BCUT2D eigenvalue weighted by Crippen LogP contribution is 2.32. The van der Waals surface area contributed by atoms with Crippen molar-refractivity contribution in [3.05, 3.63) is 29.8 Å². The summed E-state index contributed by atoms with van der Waals surface area (Å²) in [5.74, 6) is 0.609. The molecule has 2 rings (SSSR count). The van der Waals surface area contributed by atoms with Crippen LogP contribution in [0.15, 0.2) is 29.2 Å². The fraction of sp³-hybridized carbons (Fsp3) is 0.625. The molecular weight excluding hydrogens is 320 g/mol. The Morgan fingerprint density at radius 2 is 1.68 bits per heavy atom. The van der Waals surface area contributed by atoms with E-state index in [-0.39, 0.29) is 12.4 Å². The largest absolute Gasteiger partial charge is 1.00 e. The third-order valence-corrected chi connectivity index (χ3v) is 5.60. The van der Waals surface area contributed by atoms with Crippen LogP contribution < -0.4 is 17.1 Å². The van der Waals surface area contributed by atoms with Gasteiger partial charge in [-0.05, 0) is 50.6 Å². The van der Waals surface area contributed by atoms with Crippen LogP contribution in [0.4, 0.5) is 0 Å². The highest BCUT2D eigenvalue weighted by atomic mass is 35.5. The van der Waals surface area contributed by atoms with E-state index in [1.165, 1.54) is 37.7 Å². The predicted octanol–water partition coefficient (Wildman–Crippen LogP) is -0.422. The van der Waals surface area contributed by atoms with Crippen LogP contribution in [0.3, 0.4) is 0 Å². The normalized spacial score (nSPS) is 16.5. The standard InChI is InChI=1S/C16H26N2O2S.ClH/c1-18(2)13-12-17-21(19,20)16-10-8-15(9-11-16)14-6-4-3-5-7-14;/h8-11,14,17H,3-7,12-13H2,1-2H3;1H/p-1. The van der Waals surface area contributed by atoms with Gasteiger partial charge in [0.15, 0.2) is 0 Å². The third kappa shape index (κ3) is 5.54. The topological polar surface area (TPSA) is 49.4 Å². The number of rotatable bonds is 6. The molecule has 126 valence electrons. The first-order valence-corrected chi connectivity index (χ1v) is 9.22. The van der Waals surface area contributed by atoms with Crippen LogP contribution in [-0.2, 0) is 10.0 Å². The lowest BCUT2D eigenvalue weighted by Gasteiger charge is -2.22. The Morgan fingerprint density at radius 3 is 2.23 bits per heavy atom. The summed E-state index contributed by atoms with van der Waals surface area (Å²) in [4.78, 5) is 2.31. The summed E-state index contributed by atoms with van der Waals surface area (Å²) in [6.45, 7) is 1.12. The van der Waals surface area contributed by atoms with Gasteiger partial charge in [0, 0.05) is 13.1 Å². The SMILES string of the molecule is CN(C)CCNS(=O)(=O)c1ccc(C2CCCCC2)cc1.[Cl-]. The van der Waals surface area contributed by atoms with Gasteiger partial charge in [-0.2, -0.15) is 0 Å². The Labute approximate surface area is 140 Å². The number of nitrogens with zero attached hydrogens (tertiary/aromatic N) is 1. The lowest BCUT2D eigenvalue weighted by molar-refractivity contribution is -0.00000706. The molecule has 0 spiro atoms. The number of halogens is 1. The minimum atomic E-state index is -3.38. The number of hydrogen-bond donors (Lipinski definition) is 1. The van der Waals surface area contributed by atoms with E-state index in [1.54, 1.807) is 12.1 Å². The summed E-state index contributed by atoms with van der Waals surface area (Å²) in [5.41, 5.74) is 1.28. The molecule has 4 nitrogen and oxygen atoms in total. The van der Waals surface area contributed by atoms with Crippen molar-refractivity contribution in [2.24, 2.45) is 0 Å². The average molecular weight is 346 g/mol. The molecule has 0 aromatic heterocycles. The van der Waals surface area contributed by atoms with Gasteiger partial charge in [0.2, 0.25) is 10.0 Å². The molecule has 1 N–H and O–H groups in total. The molecule has 1 aliphatic rings. The summed E-state index contributed by atoms with van der Waals surface area (Å²) in [7, 11) is 0.468.